The highest BCUT2D eigenvalue weighted by Crippen LogP contribution is 2.18. The first-order valence-electron chi connectivity index (χ1n) is 5.42. The van der Waals surface area contributed by atoms with Crippen LogP contribution in [-0.4, -0.2) is 18.6 Å². The van der Waals surface area contributed by atoms with Gasteiger partial charge in [-0.05, 0) is 24.7 Å². The van der Waals surface area contributed by atoms with E-state index in [1.165, 1.54) is 0 Å². The lowest BCUT2D eigenvalue weighted by Crippen LogP contribution is -2.43. The van der Waals surface area contributed by atoms with Crippen LogP contribution in [0.3, 0.4) is 0 Å². The van der Waals surface area contributed by atoms with Gasteiger partial charge in [0.2, 0.25) is 0 Å². The number of rotatable bonds is 6. The van der Waals surface area contributed by atoms with Crippen LogP contribution >= 0.6 is 0 Å². The summed E-state index contributed by atoms with van der Waals surface area (Å²) < 4.78 is 5.08. The van der Waals surface area contributed by atoms with E-state index in [9.17, 15) is 4.79 Å². The van der Waals surface area contributed by atoms with E-state index >= 15 is 0 Å². The molecule has 0 spiro atoms. The molecule has 15 heavy (non-hydrogen) atoms. The molecular weight excluding hydrogens is 190 g/mol. The number of carbonyl (C=O) groups excluding carboxylic acids is 1. The zero-order chi connectivity index (χ0) is 11.9. The molecule has 1 atom stereocenters. The van der Waals surface area contributed by atoms with E-state index < -0.39 is 6.04 Å². The van der Waals surface area contributed by atoms with E-state index in [0.29, 0.717) is 6.61 Å². The zero-order valence-corrected chi connectivity index (χ0v) is 10.1. The molecule has 88 valence electrons. The molecule has 0 radical (unpaired) electrons. The summed E-state index contributed by atoms with van der Waals surface area (Å²) in [6, 6.07) is -0.545. The Morgan fingerprint density at radius 3 is 2.53 bits per heavy atom. The van der Waals surface area contributed by atoms with Gasteiger partial charge in [0, 0.05) is 0 Å². The van der Waals surface area contributed by atoms with Gasteiger partial charge >= 0.3 is 5.97 Å². The fourth-order valence-corrected chi connectivity index (χ4v) is 1.01. The van der Waals surface area contributed by atoms with Gasteiger partial charge in [-0.1, -0.05) is 26.8 Å². The van der Waals surface area contributed by atoms with Gasteiger partial charge in [-0.15, -0.1) is 6.58 Å². The summed E-state index contributed by atoms with van der Waals surface area (Å²) in [5, 5.41) is 0. The maximum absolute atomic E-state index is 11.5. The summed E-state index contributed by atoms with van der Waals surface area (Å²) in [6.07, 6.45) is 4.70. The molecule has 0 aliphatic heterocycles. The lowest BCUT2D eigenvalue weighted by molar-refractivity contribution is -0.147. The molecule has 0 heterocycles. The molecule has 0 amide bonds. The van der Waals surface area contributed by atoms with E-state index in [1.807, 2.05) is 26.8 Å². The molecule has 0 aromatic heterocycles. The van der Waals surface area contributed by atoms with Crippen LogP contribution in [0.25, 0.3) is 0 Å². The van der Waals surface area contributed by atoms with Crippen LogP contribution in [0.15, 0.2) is 12.7 Å². The highest BCUT2D eigenvalue weighted by atomic mass is 16.5. The maximum Gasteiger partial charge on any atom is 0.323 e. The summed E-state index contributed by atoms with van der Waals surface area (Å²) in [4.78, 5) is 11.5. The molecule has 0 saturated heterocycles. The van der Waals surface area contributed by atoms with E-state index in [2.05, 4.69) is 6.58 Å². The molecule has 0 bridgehead atoms. The number of allylic oxidation sites excluding steroid dienone is 1. The lowest BCUT2D eigenvalue weighted by atomic mass is 9.87. The highest BCUT2D eigenvalue weighted by Gasteiger charge is 2.28. The van der Waals surface area contributed by atoms with E-state index in [4.69, 9.17) is 10.5 Å². The molecule has 3 nitrogen and oxygen atoms in total. The number of esters is 1. The average molecular weight is 213 g/mol. The van der Waals surface area contributed by atoms with Crippen molar-refractivity contribution < 1.29 is 9.53 Å². The predicted molar refractivity (Wildman–Crippen MR) is 62.4 cm³/mol. The van der Waals surface area contributed by atoms with Crippen LogP contribution in [-0.2, 0) is 9.53 Å². The Labute approximate surface area is 92.7 Å². The first kappa shape index (κ1) is 14.2. The van der Waals surface area contributed by atoms with Crippen molar-refractivity contribution >= 4 is 5.97 Å². The van der Waals surface area contributed by atoms with Crippen molar-refractivity contribution in [2.24, 2.45) is 11.1 Å². The van der Waals surface area contributed by atoms with Crippen molar-refractivity contribution in [2.45, 2.75) is 46.1 Å². The second-order valence-electron chi connectivity index (χ2n) is 4.80. The van der Waals surface area contributed by atoms with Gasteiger partial charge in [-0.25, -0.2) is 0 Å². The Bertz CT molecular complexity index is 206. The number of hydrogen-bond acceptors (Lipinski definition) is 3. The molecule has 2 N–H and O–H groups in total. The molecule has 3 heteroatoms. The summed E-state index contributed by atoms with van der Waals surface area (Å²) in [5.74, 6) is -0.305. The Balaban J connectivity index is 3.70. The van der Waals surface area contributed by atoms with Crippen LogP contribution in [0.1, 0.15) is 40.0 Å². The normalized spacial score (nSPS) is 13.3. The van der Waals surface area contributed by atoms with Gasteiger partial charge in [0.25, 0.3) is 0 Å². The van der Waals surface area contributed by atoms with Crippen LogP contribution < -0.4 is 5.73 Å². The fraction of sp³-hybridized carbons (Fsp3) is 0.750. The summed E-state index contributed by atoms with van der Waals surface area (Å²) in [5.41, 5.74) is 5.51. The minimum absolute atomic E-state index is 0.238. The van der Waals surface area contributed by atoms with Crippen LogP contribution in [0, 0.1) is 5.41 Å². The molecule has 0 saturated carbocycles. The third-order valence-corrected chi connectivity index (χ3v) is 2.23. The van der Waals surface area contributed by atoms with E-state index in [0.717, 1.165) is 19.3 Å². The van der Waals surface area contributed by atoms with Crippen LogP contribution in [0.4, 0.5) is 0 Å². The first-order chi connectivity index (χ1) is 6.89. The summed E-state index contributed by atoms with van der Waals surface area (Å²) in [7, 11) is 0. The quantitative estimate of drug-likeness (QED) is 0.418. The lowest BCUT2D eigenvalue weighted by Gasteiger charge is -2.24. The standard InChI is InChI=1S/C12H23NO2/c1-5-6-7-8-9-15-11(14)10(13)12(2,3)4/h5,10H,1,6-9,13H2,2-4H3/t10-/m1/s1. The molecule has 0 aliphatic carbocycles. The van der Waals surface area contributed by atoms with Crippen molar-refractivity contribution in [1.29, 1.82) is 0 Å². The van der Waals surface area contributed by atoms with Gasteiger partial charge in [0.1, 0.15) is 6.04 Å². The number of carbonyl (C=O) groups is 1. The maximum atomic E-state index is 11.5. The van der Waals surface area contributed by atoms with Crippen molar-refractivity contribution in [3.05, 3.63) is 12.7 Å². The van der Waals surface area contributed by atoms with Crippen molar-refractivity contribution in [3.8, 4) is 0 Å². The first-order valence-corrected chi connectivity index (χ1v) is 5.42. The third kappa shape index (κ3) is 6.28. The fourth-order valence-electron chi connectivity index (χ4n) is 1.01. The number of ether oxygens (including phenoxy) is 1. The monoisotopic (exact) mass is 213 g/mol. The molecular formula is C12H23NO2. The van der Waals surface area contributed by atoms with Crippen LogP contribution in [0.5, 0.6) is 0 Å². The molecule has 0 aliphatic rings. The number of hydrogen-bond donors (Lipinski definition) is 1. The Hall–Kier alpha value is -0.830. The average Bonchev–Trinajstić information content (AvgIpc) is 2.14. The zero-order valence-electron chi connectivity index (χ0n) is 10.1. The minimum atomic E-state index is -0.545. The predicted octanol–water partition coefficient (Wildman–Crippen LogP) is 2.26. The molecule has 0 aromatic rings. The van der Waals surface area contributed by atoms with Gasteiger partial charge < -0.3 is 10.5 Å². The Morgan fingerprint density at radius 2 is 2.07 bits per heavy atom. The van der Waals surface area contributed by atoms with Crippen molar-refractivity contribution in [2.75, 3.05) is 6.61 Å². The largest absolute Gasteiger partial charge is 0.465 e. The van der Waals surface area contributed by atoms with Crippen molar-refractivity contribution in [1.82, 2.24) is 0 Å². The Morgan fingerprint density at radius 1 is 1.47 bits per heavy atom. The minimum Gasteiger partial charge on any atom is -0.465 e. The highest BCUT2D eigenvalue weighted by molar-refractivity contribution is 5.76. The van der Waals surface area contributed by atoms with Gasteiger partial charge in [0.15, 0.2) is 0 Å². The Kier molecular flexibility index (Phi) is 6.25. The molecule has 0 rings (SSSR count). The number of nitrogens with two attached hydrogens (primary N) is 1. The summed E-state index contributed by atoms with van der Waals surface area (Å²) in [6.45, 7) is 9.86. The van der Waals surface area contributed by atoms with Crippen molar-refractivity contribution in [3.63, 3.8) is 0 Å². The SMILES string of the molecule is C=CCCCCOC(=O)[C@@H](N)C(C)(C)C. The smallest absolute Gasteiger partial charge is 0.323 e. The topological polar surface area (TPSA) is 52.3 Å². The summed E-state index contributed by atoms with van der Waals surface area (Å²) >= 11 is 0. The second kappa shape index (κ2) is 6.62. The second-order valence-corrected chi connectivity index (χ2v) is 4.80. The van der Waals surface area contributed by atoms with Gasteiger partial charge in [0.05, 0.1) is 6.61 Å². The molecule has 0 aromatic carbocycles. The molecule has 0 unspecified atom stereocenters. The number of unbranched alkanes of at least 4 members (excludes halogenated alkanes) is 2. The third-order valence-electron chi connectivity index (χ3n) is 2.23. The van der Waals surface area contributed by atoms with Gasteiger partial charge in [-0.2, -0.15) is 0 Å². The van der Waals surface area contributed by atoms with E-state index in [1.54, 1.807) is 0 Å². The van der Waals surface area contributed by atoms with Gasteiger partial charge in [-0.3, -0.25) is 4.79 Å². The van der Waals surface area contributed by atoms with Crippen LogP contribution in [0.2, 0.25) is 0 Å². The van der Waals surface area contributed by atoms with E-state index in [-0.39, 0.29) is 11.4 Å². The molecule has 0 fully saturated rings.